The van der Waals surface area contributed by atoms with E-state index in [1.807, 2.05) is 31.2 Å². The molecule has 0 unspecified atom stereocenters. The van der Waals surface area contributed by atoms with Crippen LogP contribution in [-0.2, 0) is 6.42 Å². The predicted octanol–water partition coefficient (Wildman–Crippen LogP) is 3.34. The van der Waals surface area contributed by atoms with E-state index in [4.69, 9.17) is 22.1 Å². The third-order valence-corrected chi connectivity index (χ3v) is 2.86. The molecule has 94 valence electrons. The summed E-state index contributed by atoms with van der Waals surface area (Å²) < 4.78 is 5.87. The molecule has 2 N–H and O–H groups in total. The molecule has 0 spiro atoms. The van der Waals surface area contributed by atoms with E-state index < -0.39 is 0 Å². The van der Waals surface area contributed by atoms with Crippen LogP contribution < -0.4 is 10.5 Å². The Morgan fingerprint density at radius 1 is 1.28 bits per heavy atom. The number of aryl methyl sites for hydroxylation is 1. The van der Waals surface area contributed by atoms with Crippen LogP contribution in [0.15, 0.2) is 36.5 Å². The van der Waals surface area contributed by atoms with Gasteiger partial charge >= 0.3 is 0 Å². The number of halogens is 1. The molecule has 0 saturated heterocycles. The van der Waals surface area contributed by atoms with Crippen molar-refractivity contribution in [1.82, 2.24) is 4.98 Å². The lowest BCUT2D eigenvalue weighted by Gasteiger charge is -2.12. The maximum atomic E-state index is 6.00. The van der Waals surface area contributed by atoms with E-state index in [2.05, 4.69) is 4.98 Å². The first-order valence-electron chi connectivity index (χ1n) is 5.78. The highest BCUT2D eigenvalue weighted by atomic mass is 35.5. The van der Waals surface area contributed by atoms with Crippen LogP contribution in [0.4, 0.5) is 0 Å². The number of rotatable bonds is 4. The number of hydrogen-bond donors (Lipinski definition) is 1. The summed E-state index contributed by atoms with van der Waals surface area (Å²) in [6.45, 7) is 2.48. The van der Waals surface area contributed by atoms with Gasteiger partial charge in [0.1, 0.15) is 11.5 Å². The van der Waals surface area contributed by atoms with Crippen molar-refractivity contribution in [2.24, 2.45) is 5.73 Å². The fourth-order valence-corrected chi connectivity index (χ4v) is 1.84. The molecule has 18 heavy (non-hydrogen) atoms. The molecular formula is C14H15ClN2O. The van der Waals surface area contributed by atoms with Gasteiger partial charge in [-0.2, -0.15) is 0 Å². The Balaban J connectivity index is 2.33. The van der Waals surface area contributed by atoms with Crippen molar-refractivity contribution < 1.29 is 4.74 Å². The van der Waals surface area contributed by atoms with Crippen molar-refractivity contribution >= 4 is 11.6 Å². The fraction of sp³-hybridized carbons (Fsp3) is 0.214. The molecular weight excluding hydrogens is 248 g/mol. The molecule has 1 heterocycles. The Labute approximate surface area is 112 Å². The van der Waals surface area contributed by atoms with E-state index in [9.17, 15) is 0 Å². The lowest BCUT2D eigenvalue weighted by Crippen LogP contribution is -2.04. The lowest BCUT2D eigenvalue weighted by molar-refractivity contribution is 0.469. The molecule has 0 aliphatic rings. The molecule has 0 radical (unpaired) electrons. The second kappa shape index (κ2) is 5.85. The molecule has 4 heteroatoms. The highest BCUT2D eigenvalue weighted by Crippen LogP contribution is 2.29. The number of pyridine rings is 1. The zero-order chi connectivity index (χ0) is 13.0. The van der Waals surface area contributed by atoms with Gasteiger partial charge in [-0.05, 0) is 49.7 Å². The van der Waals surface area contributed by atoms with Crippen LogP contribution in [0.2, 0.25) is 5.02 Å². The van der Waals surface area contributed by atoms with E-state index in [0.29, 0.717) is 11.6 Å². The van der Waals surface area contributed by atoms with Gasteiger partial charge in [-0.25, -0.2) is 0 Å². The van der Waals surface area contributed by atoms with Crippen molar-refractivity contribution in [1.29, 1.82) is 0 Å². The van der Waals surface area contributed by atoms with Crippen LogP contribution in [0.3, 0.4) is 0 Å². The highest BCUT2D eigenvalue weighted by Gasteiger charge is 2.07. The van der Waals surface area contributed by atoms with Gasteiger partial charge in [0.25, 0.3) is 0 Å². The maximum Gasteiger partial charge on any atom is 0.148 e. The number of aromatic nitrogens is 1. The number of nitrogens with zero attached hydrogens (tertiary/aromatic N) is 1. The van der Waals surface area contributed by atoms with Gasteiger partial charge < -0.3 is 10.5 Å². The van der Waals surface area contributed by atoms with Gasteiger partial charge in [-0.15, -0.1) is 0 Å². The number of hydrogen-bond acceptors (Lipinski definition) is 3. The number of nitrogens with two attached hydrogens (primary N) is 1. The standard InChI is InChI=1S/C14H15ClN2O/c1-10-13(3-2-8-17-10)18-14-9-12(15)5-4-11(14)6-7-16/h2-5,8-9H,6-7,16H2,1H3. The van der Waals surface area contributed by atoms with Crippen LogP contribution in [0.1, 0.15) is 11.3 Å². The summed E-state index contributed by atoms with van der Waals surface area (Å²) in [6.07, 6.45) is 2.49. The molecule has 0 aliphatic heterocycles. The van der Waals surface area contributed by atoms with Gasteiger partial charge in [-0.1, -0.05) is 17.7 Å². The molecule has 1 aromatic carbocycles. The third kappa shape index (κ3) is 3.00. The average Bonchev–Trinajstić information content (AvgIpc) is 2.36. The molecule has 3 nitrogen and oxygen atoms in total. The molecule has 0 amide bonds. The Morgan fingerprint density at radius 3 is 2.83 bits per heavy atom. The summed E-state index contributed by atoms with van der Waals surface area (Å²) in [5.74, 6) is 1.47. The van der Waals surface area contributed by atoms with Gasteiger partial charge in [0, 0.05) is 11.2 Å². The minimum Gasteiger partial charge on any atom is -0.455 e. The summed E-state index contributed by atoms with van der Waals surface area (Å²) in [6, 6.07) is 9.32. The molecule has 1 aromatic heterocycles. The summed E-state index contributed by atoms with van der Waals surface area (Å²) >= 11 is 6.00. The first kappa shape index (κ1) is 12.9. The smallest absolute Gasteiger partial charge is 0.148 e. The van der Waals surface area contributed by atoms with Crippen LogP contribution >= 0.6 is 11.6 Å². The summed E-state index contributed by atoms with van der Waals surface area (Å²) in [5.41, 5.74) is 7.48. The van der Waals surface area contributed by atoms with Gasteiger partial charge in [0.2, 0.25) is 0 Å². The van der Waals surface area contributed by atoms with Gasteiger partial charge in [0.05, 0.1) is 5.69 Å². The van der Waals surface area contributed by atoms with Gasteiger partial charge in [-0.3, -0.25) is 4.98 Å². The van der Waals surface area contributed by atoms with E-state index in [0.717, 1.165) is 29.2 Å². The minimum absolute atomic E-state index is 0.573. The number of benzene rings is 1. The Bertz CT molecular complexity index is 543. The summed E-state index contributed by atoms with van der Waals surface area (Å²) in [7, 11) is 0. The molecule has 0 bridgehead atoms. The topological polar surface area (TPSA) is 48.1 Å². The van der Waals surface area contributed by atoms with Crippen molar-refractivity contribution in [2.75, 3.05) is 6.54 Å². The van der Waals surface area contributed by atoms with Crippen LogP contribution in [0, 0.1) is 6.92 Å². The molecule has 0 atom stereocenters. The second-order valence-corrected chi connectivity index (χ2v) is 4.42. The largest absolute Gasteiger partial charge is 0.455 e. The second-order valence-electron chi connectivity index (χ2n) is 3.98. The molecule has 0 aliphatic carbocycles. The third-order valence-electron chi connectivity index (χ3n) is 2.62. The van der Waals surface area contributed by atoms with Crippen molar-refractivity contribution in [3.05, 3.63) is 52.8 Å². The molecule has 2 rings (SSSR count). The predicted molar refractivity (Wildman–Crippen MR) is 73.3 cm³/mol. The molecule has 2 aromatic rings. The summed E-state index contributed by atoms with van der Waals surface area (Å²) in [5, 5.41) is 0.646. The van der Waals surface area contributed by atoms with E-state index >= 15 is 0 Å². The SMILES string of the molecule is Cc1ncccc1Oc1cc(Cl)ccc1CCN. The lowest BCUT2D eigenvalue weighted by atomic mass is 10.1. The van der Waals surface area contributed by atoms with E-state index in [-0.39, 0.29) is 0 Å². The van der Waals surface area contributed by atoms with Crippen LogP contribution in [-0.4, -0.2) is 11.5 Å². The van der Waals surface area contributed by atoms with Gasteiger partial charge in [0.15, 0.2) is 0 Å². The zero-order valence-corrected chi connectivity index (χ0v) is 10.9. The highest BCUT2D eigenvalue weighted by molar-refractivity contribution is 6.30. The summed E-state index contributed by atoms with van der Waals surface area (Å²) in [4.78, 5) is 4.19. The Kier molecular flexibility index (Phi) is 4.18. The van der Waals surface area contributed by atoms with Crippen LogP contribution in [0.25, 0.3) is 0 Å². The molecule has 0 saturated carbocycles. The van der Waals surface area contributed by atoms with E-state index in [1.165, 1.54) is 0 Å². The Morgan fingerprint density at radius 2 is 2.11 bits per heavy atom. The van der Waals surface area contributed by atoms with Crippen molar-refractivity contribution in [3.63, 3.8) is 0 Å². The monoisotopic (exact) mass is 262 g/mol. The average molecular weight is 263 g/mol. The normalized spacial score (nSPS) is 10.4. The number of ether oxygens (including phenoxy) is 1. The first-order chi connectivity index (χ1) is 8.70. The maximum absolute atomic E-state index is 6.00. The Hall–Kier alpha value is -1.58. The quantitative estimate of drug-likeness (QED) is 0.919. The fourth-order valence-electron chi connectivity index (χ4n) is 1.68. The first-order valence-corrected chi connectivity index (χ1v) is 6.16. The van der Waals surface area contributed by atoms with E-state index in [1.54, 1.807) is 12.3 Å². The van der Waals surface area contributed by atoms with Crippen molar-refractivity contribution in [3.8, 4) is 11.5 Å². The van der Waals surface area contributed by atoms with Crippen LogP contribution in [0.5, 0.6) is 11.5 Å². The molecule has 0 fully saturated rings. The zero-order valence-electron chi connectivity index (χ0n) is 10.2. The van der Waals surface area contributed by atoms with Crippen molar-refractivity contribution in [2.45, 2.75) is 13.3 Å². The minimum atomic E-state index is 0.573.